The van der Waals surface area contributed by atoms with Crippen LogP contribution in [0.3, 0.4) is 0 Å². The van der Waals surface area contributed by atoms with E-state index in [0.717, 1.165) is 32.0 Å². The molecule has 3 aliphatic heterocycles. The van der Waals surface area contributed by atoms with Crippen molar-refractivity contribution >= 4 is 12.1 Å². The molecule has 3 aliphatic rings. The number of carbonyl (C=O) groups is 2. The Hall–Kier alpha value is -2.92. The lowest BCUT2D eigenvalue weighted by atomic mass is 10.2. The Bertz CT molecular complexity index is 833. The lowest BCUT2D eigenvalue weighted by Crippen LogP contribution is -2.44. The minimum absolute atomic E-state index is 0.0671. The van der Waals surface area contributed by atoms with Gasteiger partial charge in [-0.25, -0.2) is 9.59 Å². The number of terminal acetylenes is 1. The van der Waals surface area contributed by atoms with E-state index in [1.807, 2.05) is 48.5 Å². The number of nitrogens with zero attached hydrogens (tertiary/aromatic N) is 4. The van der Waals surface area contributed by atoms with Gasteiger partial charge in [0, 0.05) is 44.5 Å². The number of hydrogen-bond donors (Lipinski definition) is 1. The molecule has 230 valence electrons. The van der Waals surface area contributed by atoms with Crippen LogP contribution in [0.25, 0.3) is 0 Å². The van der Waals surface area contributed by atoms with Gasteiger partial charge >= 0.3 is 12.1 Å². The Morgan fingerprint density at radius 3 is 1.98 bits per heavy atom. The Labute approximate surface area is 245 Å². The predicted molar refractivity (Wildman–Crippen MR) is 168 cm³/mol. The molecule has 3 amide bonds. The fourth-order valence-electron chi connectivity index (χ4n) is 4.00. The summed E-state index contributed by atoms with van der Waals surface area (Å²) in [7, 11) is 2.11. The molecule has 0 bridgehead atoms. The van der Waals surface area contributed by atoms with E-state index in [2.05, 4.69) is 51.0 Å². The molecule has 3 heterocycles. The fourth-order valence-corrected chi connectivity index (χ4v) is 4.00. The van der Waals surface area contributed by atoms with Crippen LogP contribution in [0.1, 0.15) is 88.0 Å². The van der Waals surface area contributed by atoms with Crippen molar-refractivity contribution in [2.75, 3.05) is 33.2 Å². The van der Waals surface area contributed by atoms with Crippen molar-refractivity contribution in [2.24, 2.45) is 0 Å². The van der Waals surface area contributed by atoms with Crippen LogP contribution in [-0.2, 0) is 4.74 Å². The third-order valence-electron chi connectivity index (χ3n) is 6.35. The molecular weight excluding hydrogens is 504 g/mol. The van der Waals surface area contributed by atoms with Crippen LogP contribution in [0.4, 0.5) is 9.59 Å². The molecule has 2 atom stereocenters. The molecule has 8 heteroatoms. The van der Waals surface area contributed by atoms with Crippen molar-refractivity contribution in [1.82, 2.24) is 19.6 Å². The standard InChI is InChI=1S/C9H18N2O2.C9H17NO2.C7H13N.C4H4.C3H6/c1-5-11-8(12)10(7(2)3)6-9(11,4)13;1-9(2,3)12-8(11)10-6-4-5-7-10;1-6-4-5-7(2)8(6)3;1-3-4-2;1-3-2/h7,13H,5-6H2,1-4H3;4-7H2,1-3H3;7H,1,4-5H2,2-3H3;1,4H,2H2;3H,1H2,2H3. The molecule has 0 aromatic heterocycles. The van der Waals surface area contributed by atoms with Crippen LogP contribution < -0.4 is 0 Å². The number of β-amino-alcohol motifs (C(OH)–C–C–N with tert-alkyl or cyclic N) is 1. The number of ether oxygens (including phenoxy) is 1. The van der Waals surface area contributed by atoms with Gasteiger partial charge in [-0.2, -0.15) is 0 Å². The maximum absolute atomic E-state index is 11.7. The molecule has 0 radical (unpaired) electrons. The van der Waals surface area contributed by atoms with Gasteiger partial charge in [0.1, 0.15) is 5.60 Å². The van der Waals surface area contributed by atoms with Gasteiger partial charge < -0.3 is 24.5 Å². The average Bonchev–Trinajstić information content (AvgIpc) is 3.55. The SMILES string of the molecule is C#CC=C.C=C1CCC(C)N1C.C=CC.CC(C)(C)OC(=O)N1CCCC1.CCN1C(=O)N(C(C)C)CC1(C)O. The number of hydrogen-bond acceptors (Lipinski definition) is 5. The van der Waals surface area contributed by atoms with E-state index in [4.69, 9.17) is 4.74 Å². The van der Waals surface area contributed by atoms with Crippen molar-refractivity contribution in [3.8, 4) is 12.3 Å². The number of allylic oxidation sites excluding steroid dienone is 3. The summed E-state index contributed by atoms with van der Waals surface area (Å²) < 4.78 is 5.21. The Morgan fingerprint density at radius 2 is 1.75 bits per heavy atom. The molecule has 0 spiro atoms. The molecule has 2 unspecified atom stereocenters. The van der Waals surface area contributed by atoms with Crippen LogP contribution >= 0.6 is 0 Å². The highest BCUT2D eigenvalue weighted by Crippen LogP contribution is 2.25. The zero-order valence-corrected chi connectivity index (χ0v) is 27.1. The first-order chi connectivity index (χ1) is 18.4. The van der Waals surface area contributed by atoms with Crippen LogP contribution in [-0.4, -0.2) is 93.5 Å². The third-order valence-corrected chi connectivity index (χ3v) is 6.35. The van der Waals surface area contributed by atoms with E-state index >= 15 is 0 Å². The molecule has 3 rings (SSSR count). The predicted octanol–water partition coefficient (Wildman–Crippen LogP) is 6.49. The summed E-state index contributed by atoms with van der Waals surface area (Å²) in [6, 6.07) is 0.806. The minimum Gasteiger partial charge on any atom is -0.444 e. The van der Waals surface area contributed by atoms with Crippen LogP contribution in [0.5, 0.6) is 0 Å². The van der Waals surface area contributed by atoms with Crippen molar-refractivity contribution in [2.45, 2.75) is 111 Å². The molecule has 0 aromatic rings. The van der Waals surface area contributed by atoms with E-state index in [1.165, 1.54) is 29.5 Å². The van der Waals surface area contributed by atoms with Gasteiger partial charge in [0.25, 0.3) is 0 Å². The summed E-state index contributed by atoms with van der Waals surface area (Å²) >= 11 is 0. The van der Waals surface area contributed by atoms with Crippen molar-refractivity contribution in [3.05, 3.63) is 37.6 Å². The van der Waals surface area contributed by atoms with Crippen LogP contribution in [0, 0.1) is 12.3 Å². The number of amides is 3. The zero-order chi connectivity index (χ0) is 31.7. The quantitative estimate of drug-likeness (QED) is 0.308. The summed E-state index contributed by atoms with van der Waals surface area (Å²) in [5.41, 5.74) is -0.0759. The van der Waals surface area contributed by atoms with Gasteiger partial charge in [0.05, 0.1) is 6.54 Å². The van der Waals surface area contributed by atoms with Gasteiger partial charge in [-0.15, -0.1) is 13.0 Å². The molecular formula is C32H58N4O4. The fraction of sp³-hybridized carbons (Fsp3) is 0.688. The summed E-state index contributed by atoms with van der Waals surface area (Å²) in [5.74, 6) is 2.19. The average molecular weight is 563 g/mol. The maximum Gasteiger partial charge on any atom is 0.410 e. The molecule has 8 nitrogen and oxygen atoms in total. The van der Waals surface area contributed by atoms with Crippen LogP contribution in [0.2, 0.25) is 0 Å². The lowest BCUT2D eigenvalue weighted by Gasteiger charge is -2.26. The highest BCUT2D eigenvalue weighted by Gasteiger charge is 2.44. The lowest BCUT2D eigenvalue weighted by molar-refractivity contribution is -0.0379. The third kappa shape index (κ3) is 15.0. The maximum atomic E-state index is 11.7. The first-order valence-corrected chi connectivity index (χ1v) is 14.3. The van der Waals surface area contributed by atoms with Gasteiger partial charge in [-0.3, -0.25) is 4.90 Å². The number of likely N-dealkylation sites (N-methyl/N-ethyl adjacent to an activating group) is 1. The molecule has 1 N–H and O–H groups in total. The normalized spacial score (nSPS) is 21.5. The Balaban J connectivity index is 0. The largest absolute Gasteiger partial charge is 0.444 e. The van der Waals surface area contributed by atoms with Crippen LogP contribution in [0.15, 0.2) is 37.6 Å². The molecule has 3 saturated heterocycles. The number of aliphatic hydroxyl groups is 1. The molecule has 0 aromatic carbocycles. The molecule has 0 saturated carbocycles. The summed E-state index contributed by atoms with van der Waals surface area (Å²) in [5, 5.41) is 9.91. The van der Waals surface area contributed by atoms with E-state index < -0.39 is 5.72 Å². The second-order valence-electron chi connectivity index (χ2n) is 11.5. The summed E-state index contributed by atoms with van der Waals surface area (Å²) in [6.45, 7) is 30.4. The second kappa shape index (κ2) is 19.2. The Kier molecular flexibility index (Phi) is 18.8. The van der Waals surface area contributed by atoms with Gasteiger partial charge in [0.2, 0.25) is 0 Å². The van der Waals surface area contributed by atoms with E-state index in [-0.39, 0.29) is 23.8 Å². The first kappa shape index (κ1) is 39.2. The topological polar surface area (TPSA) is 76.6 Å². The summed E-state index contributed by atoms with van der Waals surface area (Å²) in [4.78, 5) is 30.2. The van der Waals surface area contributed by atoms with Gasteiger partial charge in [0.15, 0.2) is 5.72 Å². The number of likely N-dealkylation sites (tertiary alicyclic amines) is 2. The molecule has 3 fully saturated rings. The summed E-state index contributed by atoms with van der Waals surface area (Å²) in [6.07, 6.45) is 12.3. The number of rotatable bonds is 2. The van der Waals surface area contributed by atoms with Crippen molar-refractivity contribution in [3.63, 3.8) is 0 Å². The van der Waals surface area contributed by atoms with Gasteiger partial charge in [-0.05, 0) is 94.1 Å². The Morgan fingerprint density at radius 1 is 1.27 bits per heavy atom. The molecule has 0 aliphatic carbocycles. The highest BCUT2D eigenvalue weighted by atomic mass is 16.6. The smallest absolute Gasteiger partial charge is 0.410 e. The van der Waals surface area contributed by atoms with E-state index in [9.17, 15) is 14.7 Å². The zero-order valence-electron chi connectivity index (χ0n) is 27.1. The first-order valence-electron chi connectivity index (χ1n) is 14.3. The number of urea groups is 1. The van der Waals surface area contributed by atoms with E-state index in [1.54, 1.807) is 22.8 Å². The second-order valence-corrected chi connectivity index (χ2v) is 11.5. The van der Waals surface area contributed by atoms with E-state index in [0.29, 0.717) is 13.1 Å². The number of carbonyl (C=O) groups excluding carboxylic acids is 2. The van der Waals surface area contributed by atoms with Gasteiger partial charge in [-0.1, -0.05) is 25.2 Å². The minimum atomic E-state index is -1.00. The monoisotopic (exact) mass is 562 g/mol. The molecule has 40 heavy (non-hydrogen) atoms. The van der Waals surface area contributed by atoms with Crippen molar-refractivity contribution < 1.29 is 19.4 Å². The highest BCUT2D eigenvalue weighted by molar-refractivity contribution is 5.78. The van der Waals surface area contributed by atoms with Crippen molar-refractivity contribution in [1.29, 1.82) is 0 Å².